The third-order valence-electron chi connectivity index (χ3n) is 2.00. The van der Waals surface area contributed by atoms with Gasteiger partial charge in [0.25, 0.3) is 0 Å². The topological polar surface area (TPSA) is 55.5 Å². The van der Waals surface area contributed by atoms with Gasteiger partial charge in [0.15, 0.2) is 11.5 Å². The summed E-state index contributed by atoms with van der Waals surface area (Å²) < 4.78 is 6.07. The number of ether oxygens (including phenoxy) is 1. The van der Waals surface area contributed by atoms with Gasteiger partial charge in [-0.1, -0.05) is 6.92 Å². The molecule has 0 aliphatic heterocycles. The molecule has 1 aromatic carbocycles. The fourth-order valence-electron chi connectivity index (χ4n) is 1.16. The van der Waals surface area contributed by atoms with Crippen molar-refractivity contribution in [1.29, 1.82) is 0 Å². The summed E-state index contributed by atoms with van der Waals surface area (Å²) in [6.45, 7) is 4.30. The first-order chi connectivity index (χ1) is 7.04. The van der Waals surface area contributed by atoms with Crippen molar-refractivity contribution in [3.63, 3.8) is 0 Å². The van der Waals surface area contributed by atoms with E-state index in [0.717, 1.165) is 12.0 Å². The monoisotopic (exact) mass is 273 g/mol. The lowest BCUT2D eigenvalue weighted by atomic mass is 10.1. The predicted molar refractivity (Wildman–Crippen MR) is 64.3 cm³/mol. The highest BCUT2D eigenvalue weighted by atomic mass is 79.9. The lowest BCUT2D eigenvalue weighted by Crippen LogP contribution is -2.23. The van der Waals surface area contributed by atoms with E-state index in [1.165, 1.54) is 0 Å². The van der Waals surface area contributed by atoms with E-state index >= 15 is 0 Å². The maximum Gasteiger partial charge on any atom is 0.172 e. The van der Waals surface area contributed by atoms with Crippen LogP contribution in [0.5, 0.6) is 11.5 Å². The van der Waals surface area contributed by atoms with Gasteiger partial charge >= 0.3 is 0 Å². The quantitative estimate of drug-likeness (QED) is 0.886. The first kappa shape index (κ1) is 12.3. The maximum atomic E-state index is 9.72. The summed E-state index contributed by atoms with van der Waals surface area (Å²) in [4.78, 5) is 0. The minimum absolute atomic E-state index is 0.0477. The van der Waals surface area contributed by atoms with Crippen molar-refractivity contribution in [1.82, 2.24) is 0 Å². The zero-order chi connectivity index (χ0) is 11.4. The number of aromatic hydroxyl groups is 1. The third kappa shape index (κ3) is 3.39. The second-order valence-electron chi connectivity index (χ2n) is 3.57. The van der Waals surface area contributed by atoms with E-state index in [9.17, 15) is 5.11 Å². The molecule has 84 valence electrons. The number of phenolic OH excluding ortho intramolecular Hbond substituents is 1. The third-order valence-corrected chi connectivity index (χ3v) is 2.60. The van der Waals surface area contributed by atoms with Gasteiger partial charge in [-0.25, -0.2) is 0 Å². The summed E-state index contributed by atoms with van der Waals surface area (Å²) in [7, 11) is 0. The minimum Gasteiger partial charge on any atom is -0.503 e. The van der Waals surface area contributed by atoms with E-state index in [-0.39, 0.29) is 11.8 Å². The van der Waals surface area contributed by atoms with Gasteiger partial charge < -0.3 is 15.6 Å². The molecule has 1 rings (SSSR count). The molecule has 3 N–H and O–H groups in total. The van der Waals surface area contributed by atoms with Crippen LogP contribution in [0.3, 0.4) is 0 Å². The highest BCUT2D eigenvalue weighted by Gasteiger charge is 2.09. The van der Waals surface area contributed by atoms with E-state index in [4.69, 9.17) is 10.5 Å². The average Bonchev–Trinajstić information content (AvgIpc) is 2.19. The van der Waals surface area contributed by atoms with Crippen molar-refractivity contribution in [3.05, 3.63) is 22.2 Å². The van der Waals surface area contributed by atoms with Crippen molar-refractivity contribution in [3.8, 4) is 11.5 Å². The van der Waals surface area contributed by atoms with Crippen molar-refractivity contribution >= 4 is 15.9 Å². The van der Waals surface area contributed by atoms with E-state index in [0.29, 0.717) is 16.8 Å². The second kappa shape index (κ2) is 5.37. The largest absolute Gasteiger partial charge is 0.503 e. The Hall–Kier alpha value is -0.740. The van der Waals surface area contributed by atoms with Crippen LogP contribution in [0.2, 0.25) is 0 Å². The number of phenols is 1. The van der Waals surface area contributed by atoms with Gasteiger partial charge in [0.2, 0.25) is 0 Å². The first-order valence-corrected chi connectivity index (χ1v) is 5.73. The van der Waals surface area contributed by atoms with Gasteiger partial charge in [0, 0.05) is 6.04 Å². The molecule has 0 amide bonds. The summed E-state index contributed by atoms with van der Waals surface area (Å²) in [5.74, 6) is 0.617. The molecule has 0 heterocycles. The van der Waals surface area contributed by atoms with Gasteiger partial charge in [0.05, 0.1) is 4.47 Å². The Balaban J connectivity index is 2.90. The van der Waals surface area contributed by atoms with Gasteiger partial charge in [-0.05, 0) is 47.0 Å². The van der Waals surface area contributed by atoms with E-state index in [1.807, 2.05) is 26.0 Å². The standard InChI is InChI=1S/C11H16BrNO2/c1-3-8-4-9(12)11(14)10(5-8)15-6-7(2)13/h4-5,7,14H,3,6,13H2,1-2H3. The lowest BCUT2D eigenvalue weighted by molar-refractivity contribution is 0.281. The zero-order valence-electron chi connectivity index (χ0n) is 8.96. The number of hydrogen-bond donors (Lipinski definition) is 2. The van der Waals surface area contributed by atoms with Crippen LogP contribution in [0.15, 0.2) is 16.6 Å². The molecule has 15 heavy (non-hydrogen) atoms. The fourth-order valence-corrected chi connectivity index (χ4v) is 1.65. The zero-order valence-corrected chi connectivity index (χ0v) is 10.5. The number of hydrogen-bond acceptors (Lipinski definition) is 3. The molecule has 1 atom stereocenters. The Bertz CT molecular complexity index is 340. The highest BCUT2D eigenvalue weighted by molar-refractivity contribution is 9.10. The van der Waals surface area contributed by atoms with Crippen LogP contribution in [0.4, 0.5) is 0 Å². The molecule has 0 aromatic heterocycles. The van der Waals surface area contributed by atoms with Crippen molar-refractivity contribution in [2.45, 2.75) is 26.3 Å². The van der Waals surface area contributed by atoms with Gasteiger partial charge in [0.1, 0.15) is 6.61 Å². The molecule has 0 aliphatic carbocycles. The van der Waals surface area contributed by atoms with Crippen LogP contribution < -0.4 is 10.5 Å². The molecule has 0 saturated carbocycles. The Morgan fingerprint density at radius 2 is 2.20 bits per heavy atom. The van der Waals surface area contributed by atoms with E-state index < -0.39 is 0 Å². The summed E-state index contributed by atoms with van der Waals surface area (Å²) in [6.07, 6.45) is 0.896. The van der Waals surface area contributed by atoms with Crippen LogP contribution in [0.1, 0.15) is 19.4 Å². The molecule has 0 saturated heterocycles. The number of halogens is 1. The van der Waals surface area contributed by atoms with Gasteiger partial charge in [-0.3, -0.25) is 0 Å². The van der Waals surface area contributed by atoms with Crippen LogP contribution in [0, 0.1) is 0 Å². The first-order valence-electron chi connectivity index (χ1n) is 4.94. The Morgan fingerprint density at radius 1 is 1.53 bits per heavy atom. The Labute approximate surface area is 98.4 Å². The van der Waals surface area contributed by atoms with E-state index in [2.05, 4.69) is 15.9 Å². The lowest BCUT2D eigenvalue weighted by Gasteiger charge is -2.12. The van der Waals surface area contributed by atoms with Crippen LogP contribution in [-0.4, -0.2) is 17.8 Å². The molecular formula is C11H16BrNO2. The molecule has 0 aliphatic rings. The summed E-state index contributed by atoms with van der Waals surface area (Å²) in [5, 5.41) is 9.72. The van der Waals surface area contributed by atoms with Gasteiger partial charge in [-0.15, -0.1) is 0 Å². The van der Waals surface area contributed by atoms with Gasteiger partial charge in [-0.2, -0.15) is 0 Å². The molecule has 0 bridgehead atoms. The maximum absolute atomic E-state index is 9.72. The van der Waals surface area contributed by atoms with Crippen molar-refractivity contribution < 1.29 is 9.84 Å². The highest BCUT2D eigenvalue weighted by Crippen LogP contribution is 2.35. The summed E-state index contributed by atoms with van der Waals surface area (Å²) in [5.41, 5.74) is 6.69. The molecule has 0 spiro atoms. The number of benzene rings is 1. The summed E-state index contributed by atoms with van der Waals surface area (Å²) in [6, 6.07) is 3.67. The van der Waals surface area contributed by atoms with Crippen molar-refractivity contribution in [2.24, 2.45) is 5.73 Å². The number of aryl methyl sites for hydroxylation is 1. The SMILES string of the molecule is CCc1cc(Br)c(O)c(OCC(C)N)c1. The van der Waals surface area contributed by atoms with Crippen LogP contribution in [0.25, 0.3) is 0 Å². The molecule has 4 heteroatoms. The smallest absolute Gasteiger partial charge is 0.172 e. The molecule has 0 fully saturated rings. The van der Waals surface area contributed by atoms with Crippen LogP contribution in [-0.2, 0) is 6.42 Å². The summed E-state index contributed by atoms with van der Waals surface area (Å²) >= 11 is 3.28. The Kier molecular flexibility index (Phi) is 4.42. The predicted octanol–water partition coefficient (Wildman–Crippen LogP) is 2.44. The molecule has 3 nitrogen and oxygen atoms in total. The Morgan fingerprint density at radius 3 is 2.73 bits per heavy atom. The van der Waals surface area contributed by atoms with Crippen LogP contribution >= 0.6 is 15.9 Å². The fraction of sp³-hybridized carbons (Fsp3) is 0.455. The number of nitrogens with two attached hydrogens (primary N) is 1. The average molecular weight is 274 g/mol. The molecule has 1 unspecified atom stereocenters. The molecule has 1 aromatic rings. The molecular weight excluding hydrogens is 258 g/mol. The number of rotatable bonds is 4. The van der Waals surface area contributed by atoms with Crippen molar-refractivity contribution in [2.75, 3.05) is 6.61 Å². The minimum atomic E-state index is -0.0477. The molecule has 0 radical (unpaired) electrons. The second-order valence-corrected chi connectivity index (χ2v) is 4.42. The normalized spacial score (nSPS) is 12.5. The van der Waals surface area contributed by atoms with E-state index in [1.54, 1.807) is 0 Å².